The highest BCUT2D eigenvalue weighted by Crippen LogP contribution is 2.22. The van der Waals surface area contributed by atoms with Gasteiger partial charge in [-0.3, -0.25) is 0 Å². The molecule has 0 saturated carbocycles. The minimum absolute atomic E-state index is 0.201. The fourth-order valence-corrected chi connectivity index (χ4v) is 2.81. The second kappa shape index (κ2) is 8.69. The largest absolute Gasteiger partial charge is 0.497 e. The molecule has 3 rings (SSSR count). The number of anilines is 1. The number of ether oxygens (including phenoxy) is 2. The molecule has 0 aliphatic carbocycles. The molecule has 0 spiro atoms. The molecule has 0 fully saturated rings. The molecule has 0 saturated heterocycles. The summed E-state index contributed by atoms with van der Waals surface area (Å²) in [7, 11) is 1.63. The van der Waals surface area contributed by atoms with Crippen molar-refractivity contribution < 1.29 is 14.3 Å². The van der Waals surface area contributed by atoms with Gasteiger partial charge in [0, 0.05) is 6.54 Å². The molecule has 6 heteroatoms. The zero-order valence-corrected chi connectivity index (χ0v) is 16.7. The summed E-state index contributed by atoms with van der Waals surface area (Å²) in [4.78, 5) is 21.8. The Bertz CT molecular complexity index is 1000. The van der Waals surface area contributed by atoms with Gasteiger partial charge in [-0.15, -0.1) is 0 Å². The van der Waals surface area contributed by atoms with E-state index in [1.165, 1.54) is 0 Å². The molecular weight excluding hydrogens is 354 g/mol. The summed E-state index contributed by atoms with van der Waals surface area (Å²) in [5, 5.41) is 3.23. The Balaban J connectivity index is 1.96. The Morgan fingerprint density at radius 1 is 1.07 bits per heavy atom. The first-order valence-corrected chi connectivity index (χ1v) is 9.34. The molecule has 0 unspecified atom stereocenters. The molecular formula is C22H25N3O3. The van der Waals surface area contributed by atoms with Gasteiger partial charge in [-0.05, 0) is 61.2 Å². The Morgan fingerprint density at radius 2 is 1.79 bits per heavy atom. The zero-order chi connectivity index (χ0) is 20.1. The van der Waals surface area contributed by atoms with Crippen LogP contribution >= 0.6 is 0 Å². The Morgan fingerprint density at radius 3 is 2.46 bits per heavy atom. The lowest BCUT2D eigenvalue weighted by Crippen LogP contribution is -2.14. The van der Waals surface area contributed by atoms with Crippen LogP contribution in [0.3, 0.4) is 0 Å². The number of carbonyl (C=O) groups is 1. The van der Waals surface area contributed by atoms with E-state index in [0.29, 0.717) is 24.5 Å². The quantitative estimate of drug-likeness (QED) is 0.612. The van der Waals surface area contributed by atoms with Crippen LogP contribution in [-0.4, -0.2) is 29.7 Å². The third-order valence-electron chi connectivity index (χ3n) is 4.50. The molecule has 0 aliphatic rings. The van der Waals surface area contributed by atoms with Crippen molar-refractivity contribution in [3.63, 3.8) is 0 Å². The molecule has 3 aromatic rings. The number of nitrogens with one attached hydrogen (secondary N) is 1. The summed E-state index contributed by atoms with van der Waals surface area (Å²) in [6, 6.07) is 11.6. The summed E-state index contributed by atoms with van der Waals surface area (Å²) >= 11 is 0. The third kappa shape index (κ3) is 4.39. The van der Waals surface area contributed by atoms with E-state index in [4.69, 9.17) is 9.47 Å². The standard InChI is InChI=1S/C22H25N3O3/c1-5-9-28-22(26)20-21(23-13-16-7-6-8-17(12-16)27-4)25-19-11-15(3)14(2)10-18(19)24-20/h6-8,10-12H,5,9,13H2,1-4H3,(H,23,25). The number of nitrogens with zero attached hydrogens (tertiary/aromatic N) is 2. The Labute approximate surface area is 164 Å². The highest BCUT2D eigenvalue weighted by atomic mass is 16.5. The first-order valence-electron chi connectivity index (χ1n) is 9.34. The van der Waals surface area contributed by atoms with E-state index in [2.05, 4.69) is 15.3 Å². The number of rotatable bonds is 7. The monoisotopic (exact) mass is 379 g/mol. The van der Waals surface area contributed by atoms with Crippen LogP contribution < -0.4 is 10.1 Å². The van der Waals surface area contributed by atoms with Crippen molar-refractivity contribution in [2.24, 2.45) is 0 Å². The fourth-order valence-electron chi connectivity index (χ4n) is 2.81. The molecule has 1 heterocycles. The van der Waals surface area contributed by atoms with E-state index in [0.717, 1.165) is 34.4 Å². The first-order chi connectivity index (χ1) is 13.5. The maximum atomic E-state index is 12.5. The van der Waals surface area contributed by atoms with Gasteiger partial charge in [-0.2, -0.15) is 0 Å². The normalized spacial score (nSPS) is 10.7. The van der Waals surface area contributed by atoms with E-state index in [9.17, 15) is 4.79 Å². The van der Waals surface area contributed by atoms with Crippen molar-refractivity contribution in [1.82, 2.24) is 9.97 Å². The Hall–Kier alpha value is -3.15. The number of carbonyl (C=O) groups excluding carboxylic acids is 1. The smallest absolute Gasteiger partial charge is 0.360 e. The van der Waals surface area contributed by atoms with Crippen molar-refractivity contribution in [3.8, 4) is 5.75 Å². The van der Waals surface area contributed by atoms with Crippen molar-refractivity contribution in [3.05, 3.63) is 58.8 Å². The summed E-state index contributed by atoms with van der Waals surface area (Å²) in [5.41, 5.74) is 4.86. The molecule has 1 aromatic heterocycles. The number of benzene rings is 2. The van der Waals surface area contributed by atoms with Crippen molar-refractivity contribution >= 4 is 22.8 Å². The molecule has 2 aromatic carbocycles. The number of aryl methyl sites for hydroxylation is 2. The van der Waals surface area contributed by atoms with Crippen LogP contribution in [0.4, 0.5) is 5.82 Å². The van der Waals surface area contributed by atoms with E-state index in [1.54, 1.807) is 7.11 Å². The van der Waals surface area contributed by atoms with Gasteiger partial charge < -0.3 is 14.8 Å². The third-order valence-corrected chi connectivity index (χ3v) is 4.50. The molecule has 0 radical (unpaired) electrons. The first kappa shape index (κ1) is 19.6. The SMILES string of the molecule is CCCOC(=O)c1nc2cc(C)c(C)cc2nc1NCc1cccc(OC)c1. The maximum Gasteiger partial charge on any atom is 0.360 e. The lowest BCUT2D eigenvalue weighted by atomic mass is 10.1. The molecule has 28 heavy (non-hydrogen) atoms. The second-order valence-corrected chi connectivity index (χ2v) is 6.69. The number of hydrogen-bond acceptors (Lipinski definition) is 6. The molecule has 146 valence electrons. The van der Waals surface area contributed by atoms with E-state index >= 15 is 0 Å². The Kier molecular flexibility index (Phi) is 6.09. The van der Waals surface area contributed by atoms with Gasteiger partial charge in [-0.25, -0.2) is 14.8 Å². The predicted molar refractivity (Wildman–Crippen MR) is 110 cm³/mol. The van der Waals surface area contributed by atoms with Crippen LogP contribution in [0.1, 0.15) is 40.5 Å². The fraction of sp³-hybridized carbons (Fsp3) is 0.318. The predicted octanol–water partition coefficient (Wildman–Crippen LogP) is 4.43. The topological polar surface area (TPSA) is 73.3 Å². The number of aromatic nitrogens is 2. The van der Waals surface area contributed by atoms with Gasteiger partial charge in [-0.1, -0.05) is 19.1 Å². The molecule has 0 aliphatic heterocycles. The maximum absolute atomic E-state index is 12.5. The summed E-state index contributed by atoms with van der Waals surface area (Å²) < 4.78 is 10.6. The van der Waals surface area contributed by atoms with E-state index < -0.39 is 5.97 Å². The summed E-state index contributed by atoms with van der Waals surface area (Å²) in [5.74, 6) is 0.722. The average Bonchev–Trinajstić information content (AvgIpc) is 2.71. The highest BCUT2D eigenvalue weighted by molar-refractivity contribution is 5.95. The van der Waals surface area contributed by atoms with E-state index in [1.807, 2.05) is 57.2 Å². The number of methoxy groups -OCH3 is 1. The van der Waals surface area contributed by atoms with E-state index in [-0.39, 0.29) is 5.69 Å². The van der Waals surface area contributed by atoms with Crippen LogP contribution in [-0.2, 0) is 11.3 Å². The van der Waals surface area contributed by atoms with Gasteiger partial charge in [0.05, 0.1) is 24.8 Å². The molecule has 6 nitrogen and oxygen atoms in total. The second-order valence-electron chi connectivity index (χ2n) is 6.69. The highest BCUT2D eigenvalue weighted by Gasteiger charge is 2.18. The summed E-state index contributed by atoms with van der Waals surface area (Å²) in [6.45, 7) is 6.83. The molecule has 0 bridgehead atoms. The van der Waals surface area contributed by atoms with Crippen LogP contribution in [0, 0.1) is 13.8 Å². The molecule has 0 amide bonds. The number of hydrogen-bond donors (Lipinski definition) is 1. The lowest BCUT2D eigenvalue weighted by molar-refractivity contribution is 0.0499. The van der Waals surface area contributed by atoms with Gasteiger partial charge in [0.25, 0.3) is 0 Å². The minimum Gasteiger partial charge on any atom is -0.497 e. The average molecular weight is 379 g/mol. The minimum atomic E-state index is -0.470. The van der Waals surface area contributed by atoms with Crippen LogP contribution in [0.25, 0.3) is 11.0 Å². The van der Waals surface area contributed by atoms with Gasteiger partial charge >= 0.3 is 5.97 Å². The van der Waals surface area contributed by atoms with Gasteiger partial charge in [0.15, 0.2) is 11.5 Å². The molecule has 0 atom stereocenters. The zero-order valence-electron chi connectivity index (χ0n) is 16.7. The number of fused-ring (bicyclic) bond motifs is 1. The molecule has 1 N–H and O–H groups in total. The van der Waals surface area contributed by atoms with Crippen molar-refractivity contribution in [1.29, 1.82) is 0 Å². The van der Waals surface area contributed by atoms with Crippen LogP contribution in [0.5, 0.6) is 5.75 Å². The lowest BCUT2D eigenvalue weighted by Gasteiger charge is -2.13. The van der Waals surface area contributed by atoms with Crippen LogP contribution in [0.2, 0.25) is 0 Å². The van der Waals surface area contributed by atoms with Crippen LogP contribution in [0.15, 0.2) is 36.4 Å². The van der Waals surface area contributed by atoms with Crippen molar-refractivity contribution in [2.75, 3.05) is 19.0 Å². The summed E-state index contributed by atoms with van der Waals surface area (Å²) in [6.07, 6.45) is 0.748. The van der Waals surface area contributed by atoms with Gasteiger partial charge in [0.2, 0.25) is 0 Å². The van der Waals surface area contributed by atoms with Crippen molar-refractivity contribution in [2.45, 2.75) is 33.7 Å². The van der Waals surface area contributed by atoms with Gasteiger partial charge in [0.1, 0.15) is 5.75 Å². The number of esters is 1.